The third kappa shape index (κ3) is 4.96. The van der Waals surface area contributed by atoms with Crippen molar-refractivity contribution in [2.24, 2.45) is 29.5 Å². The Morgan fingerprint density at radius 2 is 1.38 bits per heavy atom. The molecule has 2 saturated carbocycles. The highest BCUT2D eigenvalue weighted by molar-refractivity contribution is 4.88. The SMILES string of the molecule is CCCCC1CCC(C(NN)C2CCC(CC)CC2)CC1. The molecule has 1 atom stereocenters. The Labute approximate surface area is 132 Å². The van der Waals surface area contributed by atoms with Gasteiger partial charge in [0.15, 0.2) is 0 Å². The lowest BCUT2D eigenvalue weighted by Crippen LogP contribution is -2.48. The molecule has 21 heavy (non-hydrogen) atoms. The molecule has 0 aromatic carbocycles. The number of unbranched alkanes of at least 4 members (excludes halogenated alkanes) is 1. The highest BCUT2D eigenvalue weighted by atomic mass is 15.2. The molecule has 0 aromatic rings. The topological polar surface area (TPSA) is 38.0 Å². The fourth-order valence-corrected chi connectivity index (χ4v) is 4.94. The van der Waals surface area contributed by atoms with Crippen molar-refractivity contribution in [1.29, 1.82) is 0 Å². The van der Waals surface area contributed by atoms with E-state index in [1.807, 2.05) is 0 Å². The van der Waals surface area contributed by atoms with Crippen LogP contribution in [0.15, 0.2) is 0 Å². The molecule has 2 aliphatic rings. The number of nitrogens with two attached hydrogens (primary N) is 1. The molecule has 1 unspecified atom stereocenters. The molecule has 2 nitrogen and oxygen atoms in total. The summed E-state index contributed by atoms with van der Waals surface area (Å²) in [5.74, 6) is 9.65. The van der Waals surface area contributed by atoms with Crippen LogP contribution in [0.4, 0.5) is 0 Å². The van der Waals surface area contributed by atoms with E-state index in [1.165, 1.54) is 77.0 Å². The molecule has 0 spiro atoms. The van der Waals surface area contributed by atoms with Gasteiger partial charge in [0, 0.05) is 6.04 Å². The molecule has 0 saturated heterocycles. The number of hydrazine groups is 1. The molecule has 2 aliphatic carbocycles. The molecule has 124 valence electrons. The smallest absolute Gasteiger partial charge is 0.0267 e. The quantitative estimate of drug-likeness (QED) is 0.510. The first-order chi connectivity index (χ1) is 10.3. The number of hydrogen-bond acceptors (Lipinski definition) is 2. The van der Waals surface area contributed by atoms with Crippen molar-refractivity contribution in [3.63, 3.8) is 0 Å². The van der Waals surface area contributed by atoms with Crippen LogP contribution in [0, 0.1) is 23.7 Å². The van der Waals surface area contributed by atoms with Crippen LogP contribution in [-0.4, -0.2) is 6.04 Å². The monoisotopic (exact) mass is 294 g/mol. The molecule has 0 amide bonds. The van der Waals surface area contributed by atoms with Gasteiger partial charge in [-0.05, 0) is 49.4 Å². The lowest BCUT2D eigenvalue weighted by molar-refractivity contribution is 0.135. The first-order valence-electron chi connectivity index (χ1n) is 9.74. The zero-order chi connectivity index (χ0) is 15.1. The van der Waals surface area contributed by atoms with Gasteiger partial charge < -0.3 is 0 Å². The summed E-state index contributed by atoms with van der Waals surface area (Å²) in [5.41, 5.74) is 3.23. The Morgan fingerprint density at radius 1 is 0.857 bits per heavy atom. The first-order valence-corrected chi connectivity index (χ1v) is 9.74. The standard InChI is InChI=1S/C19H38N2/c1-3-5-6-16-9-13-18(14-10-16)19(21-20)17-11-7-15(4-2)8-12-17/h15-19,21H,3-14,20H2,1-2H3. The average Bonchev–Trinajstić information content (AvgIpc) is 2.55. The van der Waals surface area contributed by atoms with Gasteiger partial charge in [0.1, 0.15) is 0 Å². The van der Waals surface area contributed by atoms with Crippen LogP contribution >= 0.6 is 0 Å². The van der Waals surface area contributed by atoms with Crippen LogP contribution in [0.25, 0.3) is 0 Å². The second-order valence-corrected chi connectivity index (χ2v) is 7.80. The van der Waals surface area contributed by atoms with E-state index in [1.54, 1.807) is 0 Å². The van der Waals surface area contributed by atoms with Crippen LogP contribution in [0.3, 0.4) is 0 Å². The van der Waals surface area contributed by atoms with Gasteiger partial charge in [-0.2, -0.15) is 0 Å². The third-order valence-corrected chi connectivity index (χ3v) is 6.53. The molecule has 2 fully saturated rings. The Bertz CT molecular complexity index is 263. The van der Waals surface area contributed by atoms with Crippen molar-refractivity contribution in [2.45, 2.75) is 96.9 Å². The summed E-state index contributed by atoms with van der Waals surface area (Å²) < 4.78 is 0. The van der Waals surface area contributed by atoms with Gasteiger partial charge in [-0.3, -0.25) is 11.3 Å². The normalized spacial score (nSPS) is 35.6. The van der Waals surface area contributed by atoms with Crippen molar-refractivity contribution in [3.05, 3.63) is 0 Å². The fourth-order valence-electron chi connectivity index (χ4n) is 4.94. The minimum atomic E-state index is 0.593. The zero-order valence-corrected chi connectivity index (χ0v) is 14.4. The van der Waals surface area contributed by atoms with Crippen molar-refractivity contribution in [1.82, 2.24) is 5.43 Å². The molecular weight excluding hydrogens is 256 g/mol. The Balaban J connectivity index is 1.77. The summed E-state index contributed by atoms with van der Waals surface area (Å²) in [6, 6.07) is 0.593. The maximum atomic E-state index is 5.97. The minimum Gasteiger partial charge on any atom is -0.271 e. The highest BCUT2D eigenvalue weighted by Crippen LogP contribution is 2.39. The van der Waals surface area contributed by atoms with Gasteiger partial charge in [-0.25, -0.2) is 0 Å². The Hall–Kier alpha value is -0.0800. The Morgan fingerprint density at radius 3 is 1.81 bits per heavy atom. The van der Waals surface area contributed by atoms with E-state index in [0.717, 1.165) is 23.7 Å². The summed E-state index contributed by atoms with van der Waals surface area (Å²) in [6.45, 7) is 4.66. The predicted octanol–water partition coefficient (Wildman–Crippen LogP) is 5.03. The highest BCUT2D eigenvalue weighted by Gasteiger charge is 2.33. The number of nitrogens with one attached hydrogen (secondary N) is 1. The van der Waals surface area contributed by atoms with Crippen molar-refractivity contribution in [2.75, 3.05) is 0 Å². The molecule has 2 rings (SSSR count). The second-order valence-electron chi connectivity index (χ2n) is 7.80. The summed E-state index contributed by atoms with van der Waals surface area (Å²) in [6.07, 6.45) is 17.0. The molecule has 2 heteroatoms. The molecular formula is C19H38N2. The Kier molecular flexibility index (Phi) is 7.53. The van der Waals surface area contributed by atoms with Gasteiger partial charge >= 0.3 is 0 Å². The predicted molar refractivity (Wildman–Crippen MR) is 91.8 cm³/mol. The lowest BCUT2D eigenvalue weighted by Gasteiger charge is -2.40. The second kappa shape index (κ2) is 9.15. The van der Waals surface area contributed by atoms with Crippen molar-refractivity contribution < 1.29 is 0 Å². The van der Waals surface area contributed by atoms with E-state index >= 15 is 0 Å². The maximum Gasteiger partial charge on any atom is 0.0267 e. The van der Waals surface area contributed by atoms with Crippen LogP contribution in [-0.2, 0) is 0 Å². The molecule has 0 bridgehead atoms. The summed E-state index contributed by atoms with van der Waals surface area (Å²) in [5, 5.41) is 0. The zero-order valence-electron chi connectivity index (χ0n) is 14.4. The third-order valence-electron chi connectivity index (χ3n) is 6.53. The van der Waals surface area contributed by atoms with Crippen LogP contribution in [0.2, 0.25) is 0 Å². The van der Waals surface area contributed by atoms with Gasteiger partial charge in [0.25, 0.3) is 0 Å². The molecule has 3 N–H and O–H groups in total. The van der Waals surface area contributed by atoms with Crippen LogP contribution in [0.5, 0.6) is 0 Å². The first kappa shape index (κ1) is 17.3. The van der Waals surface area contributed by atoms with Gasteiger partial charge in [0.2, 0.25) is 0 Å². The summed E-state index contributed by atoms with van der Waals surface area (Å²) in [7, 11) is 0. The van der Waals surface area contributed by atoms with E-state index in [2.05, 4.69) is 19.3 Å². The van der Waals surface area contributed by atoms with Gasteiger partial charge in [-0.15, -0.1) is 0 Å². The number of hydrogen-bond donors (Lipinski definition) is 2. The van der Waals surface area contributed by atoms with Crippen molar-refractivity contribution in [3.8, 4) is 0 Å². The number of rotatable bonds is 7. The van der Waals surface area contributed by atoms with E-state index in [0.29, 0.717) is 6.04 Å². The molecule has 0 aliphatic heterocycles. The fraction of sp³-hybridized carbons (Fsp3) is 1.00. The van der Waals surface area contributed by atoms with Gasteiger partial charge in [-0.1, -0.05) is 65.2 Å². The molecule has 0 radical (unpaired) electrons. The molecule has 0 aromatic heterocycles. The van der Waals surface area contributed by atoms with Crippen LogP contribution in [0.1, 0.15) is 90.9 Å². The molecule has 0 heterocycles. The summed E-state index contributed by atoms with van der Waals surface area (Å²) in [4.78, 5) is 0. The van der Waals surface area contributed by atoms with E-state index in [9.17, 15) is 0 Å². The lowest BCUT2D eigenvalue weighted by atomic mass is 9.69. The van der Waals surface area contributed by atoms with E-state index in [-0.39, 0.29) is 0 Å². The average molecular weight is 295 g/mol. The van der Waals surface area contributed by atoms with E-state index < -0.39 is 0 Å². The minimum absolute atomic E-state index is 0.593. The maximum absolute atomic E-state index is 5.97. The largest absolute Gasteiger partial charge is 0.271 e. The van der Waals surface area contributed by atoms with Crippen molar-refractivity contribution >= 4 is 0 Å². The van der Waals surface area contributed by atoms with E-state index in [4.69, 9.17) is 5.84 Å². The summed E-state index contributed by atoms with van der Waals surface area (Å²) >= 11 is 0. The van der Waals surface area contributed by atoms with Crippen LogP contribution < -0.4 is 11.3 Å². The van der Waals surface area contributed by atoms with Gasteiger partial charge in [0.05, 0.1) is 0 Å².